The van der Waals surface area contributed by atoms with E-state index >= 15 is 0 Å². The number of carbonyl (C=O) groups excluding carboxylic acids is 2. The normalized spacial score (nSPS) is 20.2. The Kier molecular flexibility index (Phi) is 6.78. The summed E-state index contributed by atoms with van der Waals surface area (Å²) < 4.78 is 16.4. The number of methoxy groups -OCH3 is 2. The molecule has 1 fully saturated rings. The van der Waals surface area contributed by atoms with E-state index < -0.39 is 5.60 Å². The van der Waals surface area contributed by atoms with Crippen molar-refractivity contribution < 1.29 is 23.8 Å². The molecule has 1 saturated heterocycles. The Morgan fingerprint density at radius 1 is 1.32 bits per heavy atom. The number of benzene rings is 1. The fourth-order valence-electron chi connectivity index (χ4n) is 3.02. The van der Waals surface area contributed by atoms with Crippen LogP contribution >= 0.6 is 0 Å². The molecule has 1 atom stereocenters. The van der Waals surface area contributed by atoms with E-state index in [1.807, 2.05) is 24.3 Å². The average molecular weight is 350 g/mol. The molecule has 1 heterocycles. The van der Waals surface area contributed by atoms with Crippen molar-refractivity contribution in [3.63, 3.8) is 0 Å². The number of ether oxygens (including phenoxy) is 3. The molecule has 138 valence electrons. The molecular formula is C18H26N2O5. The van der Waals surface area contributed by atoms with Crippen LogP contribution in [0.15, 0.2) is 24.3 Å². The molecule has 0 bridgehead atoms. The molecule has 0 spiro atoms. The highest BCUT2D eigenvalue weighted by Crippen LogP contribution is 2.23. The number of nitrogens with one attached hydrogen (secondary N) is 1. The number of para-hydroxylation sites is 1. The number of morpholine rings is 1. The van der Waals surface area contributed by atoms with Crippen molar-refractivity contribution in [3.8, 4) is 5.75 Å². The van der Waals surface area contributed by atoms with Crippen molar-refractivity contribution in [2.45, 2.75) is 25.5 Å². The van der Waals surface area contributed by atoms with Crippen LogP contribution in [0.1, 0.15) is 18.9 Å². The Labute approximate surface area is 148 Å². The van der Waals surface area contributed by atoms with Gasteiger partial charge < -0.3 is 24.4 Å². The Balaban J connectivity index is 1.99. The summed E-state index contributed by atoms with van der Waals surface area (Å²) in [6.45, 7) is 3.40. The molecule has 0 radical (unpaired) electrons. The lowest BCUT2D eigenvalue weighted by molar-refractivity contribution is -0.165. The van der Waals surface area contributed by atoms with Gasteiger partial charge in [-0.05, 0) is 6.07 Å². The number of hydrogen-bond donors (Lipinski definition) is 1. The van der Waals surface area contributed by atoms with Crippen molar-refractivity contribution >= 4 is 11.8 Å². The van der Waals surface area contributed by atoms with E-state index in [1.54, 1.807) is 19.1 Å². The first-order valence-corrected chi connectivity index (χ1v) is 8.27. The van der Waals surface area contributed by atoms with E-state index in [0.717, 1.165) is 11.3 Å². The number of hydrogen-bond acceptors (Lipinski definition) is 5. The maximum absolute atomic E-state index is 12.4. The van der Waals surface area contributed by atoms with Crippen molar-refractivity contribution in [2.75, 3.05) is 40.5 Å². The van der Waals surface area contributed by atoms with Gasteiger partial charge in [-0.2, -0.15) is 0 Å². The molecule has 0 aliphatic carbocycles. The second-order valence-electron chi connectivity index (χ2n) is 6.17. The number of carbonyl (C=O) groups is 2. The smallest absolute Gasteiger partial charge is 0.223 e. The van der Waals surface area contributed by atoms with Crippen LogP contribution in [0.4, 0.5) is 0 Å². The van der Waals surface area contributed by atoms with Gasteiger partial charge in [-0.3, -0.25) is 9.59 Å². The average Bonchev–Trinajstić information content (AvgIpc) is 2.60. The highest BCUT2D eigenvalue weighted by molar-refractivity contribution is 5.78. The lowest BCUT2D eigenvalue weighted by Gasteiger charge is -2.41. The summed E-state index contributed by atoms with van der Waals surface area (Å²) in [5.74, 6) is 0.539. The molecule has 0 saturated carbocycles. The highest BCUT2D eigenvalue weighted by atomic mass is 16.5. The van der Waals surface area contributed by atoms with Crippen molar-refractivity contribution in [1.29, 1.82) is 0 Å². The van der Waals surface area contributed by atoms with Crippen LogP contribution in [0, 0.1) is 0 Å². The molecule has 7 heteroatoms. The summed E-state index contributed by atoms with van der Waals surface area (Å²) in [7, 11) is 3.16. The van der Waals surface area contributed by atoms with E-state index in [9.17, 15) is 9.59 Å². The number of amides is 2. The molecular weight excluding hydrogens is 324 g/mol. The van der Waals surface area contributed by atoms with Crippen molar-refractivity contribution in [3.05, 3.63) is 29.8 Å². The van der Waals surface area contributed by atoms with E-state index in [2.05, 4.69) is 5.32 Å². The van der Waals surface area contributed by atoms with Crippen LogP contribution in [-0.4, -0.2) is 62.8 Å². The summed E-state index contributed by atoms with van der Waals surface area (Å²) in [4.78, 5) is 25.8. The fourth-order valence-corrected chi connectivity index (χ4v) is 3.02. The molecule has 1 aromatic rings. The van der Waals surface area contributed by atoms with E-state index in [4.69, 9.17) is 14.2 Å². The first-order chi connectivity index (χ1) is 12.0. The first kappa shape index (κ1) is 19.2. The number of rotatable bonds is 7. The minimum Gasteiger partial charge on any atom is -0.496 e. The van der Waals surface area contributed by atoms with E-state index in [-0.39, 0.29) is 24.8 Å². The van der Waals surface area contributed by atoms with Crippen molar-refractivity contribution in [1.82, 2.24) is 10.2 Å². The SMILES string of the molecule is COCC1(CC(=O)NCc2ccccc2OC)CN(C(C)=O)CCO1. The van der Waals surface area contributed by atoms with Gasteiger partial charge in [0.05, 0.1) is 33.3 Å². The van der Waals surface area contributed by atoms with Gasteiger partial charge in [0.25, 0.3) is 0 Å². The highest BCUT2D eigenvalue weighted by Gasteiger charge is 2.39. The van der Waals surface area contributed by atoms with E-state index in [0.29, 0.717) is 26.2 Å². The maximum Gasteiger partial charge on any atom is 0.223 e. The molecule has 1 unspecified atom stereocenters. The standard InChI is InChI=1S/C18H26N2O5/c1-14(21)20-8-9-25-18(12-20,13-23-2)10-17(22)19-11-15-6-4-5-7-16(15)24-3/h4-7H,8-13H2,1-3H3,(H,19,22). The lowest BCUT2D eigenvalue weighted by atomic mass is 9.97. The molecule has 1 aromatic carbocycles. The molecule has 1 N–H and O–H groups in total. The maximum atomic E-state index is 12.4. The Morgan fingerprint density at radius 3 is 2.76 bits per heavy atom. The van der Waals surface area contributed by atoms with Gasteiger partial charge in [0.15, 0.2) is 0 Å². The summed E-state index contributed by atoms with van der Waals surface area (Å²) in [6, 6.07) is 7.52. The first-order valence-electron chi connectivity index (χ1n) is 8.27. The number of nitrogens with zero attached hydrogens (tertiary/aromatic N) is 1. The largest absolute Gasteiger partial charge is 0.496 e. The quantitative estimate of drug-likeness (QED) is 0.793. The predicted octanol–water partition coefficient (Wildman–Crippen LogP) is 0.965. The third-order valence-corrected chi connectivity index (χ3v) is 4.25. The van der Waals surface area contributed by atoms with Crippen molar-refractivity contribution in [2.24, 2.45) is 0 Å². The molecule has 2 amide bonds. The molecule has 0 aromatic heterocycles. The third-order valence-electron chi connectivity index (χ3n) is 4.25. The summed E-state index contributed by atoms with van der Waals surface area (Å²) in [6.07, 6.45) is 0.125. The molecule has 2 rings (SSSR count). The molecule has 1 aliphatic rings. The summed E-state index contributed by atoms with van der Waals surface area (Å²) >= 11 is 0. The van der Waals surface area contributed by atoms with Gasteiger partial charge in [-0.15, -0.1) is 0 Å². The van der Waals surface area contributed by atoms with Gasteiger partial charge in [0.2, 0.25) is 11.8 Å². The van der Waals surface area contributed by atoms with Crippen LogP contribution in [-0.2, 0) is 25.6 Å². The zero-order valence-corrected chi connectivity index (χ0v) is 15.0. The molecule has 25 heavy (non-hydrogen) atoms. The minimum atomic E-state index is -0.816. The predicted molar refractivity (Wildman–Crippen MR) is 92.3 cm³/mol. The minimum absolute atomic E-state index is 0.0294. The van der Waals surface area contributed by atoms with Crippen LogP contribution in [0.5, 0.6) is 5.75 Å². The zero-order valence-electron chi connectivity index (χ0n) is 15.0. The Morgan fingerprint density at radius 2 is 2.08 bits per heavy atom. The van der Waals surface area contributed by atoms with Crippen LogP contribution in [0.3, 0.4) is 0 Å². The second kappa shape index (κ2) is 8.82. The topological polar surface area (TPSA) is 77.1 Å². The molecule has 7 nitrogen and oxygen atoms in total. The van der Waals surface area contributed by atoms with Gasteiger partial charge in [-0.1, -0.05) is 18.2 Å². The zero-order chi connectivity index (χ0) is 18.3. The van der Waals surface area contributed by atoms with Gasteiger partial charge in [-0.25, -0.2) is 0 Å². The van der Waals surface area contributed by atoms with Gasteiger partial charge in [0, 0.05) is 32.7 Å². The molecule has 1 aliphatic heterocycles. The Hall–Kier alpha value is -2.12. The summed E-state index contributed by atoms with van der Waals surface area (Å²) in [5.41, 5.74) is 0.0813. The second-order valence-corrected chi connectivity index (χ2v) is 6.17. The van der Waals surface area contributed by atoms with Gasteiger partial charge in [0.1, 0.15) is 11.4 Å². The monoisotopic (exact) mass is 350 g/mol. The van der Waals surface area contributed by atoms with E-state index in [1.165, 1.54) is 6.92 Å². The third kappa shape index (κ3) is 5.17. The van der Waals surface area contributed by atoms with Gasteiger partial charge >= 0.3 is 0 Å². The Bertz CT molecular complexity index is 603. The van der Waals surface area contributed by atoms with Crippen LogP contribution < -0.4 is 10.1 Å². The summed E-state index contributed by atoms with van der Waals surface area (Å²) in [5, 5.41) is 2.89. The fraction of sp³-hybridized carbons (Fsp3) is 0.556. The van der Waals surface area contributed by atoms with Crippen LogP contribution in [0.2, 0.25) is 0 Å². The lowest BCUT2D eigenvalue weighted by Crippen LogP contribution is -2.57. The van der Waals surface area contributed by atoms with Crippen LogP contribution in [0.25, 0.3) is 0 Å².